The normalized spacial score (nSPS) is 28.8. The van der Waals surface area contributed by atoms with E-state index >= 15 is 0 Å². The first kappa shape index (κ1) is 8.02. The Labute approximate surface area is 64.9 Å². The quantitative estimate of drug-likeness (QED) is 0.624. The average molecular weight is 144 g/mol. The Kier molecular flexibility index (Phi) is 3.16. The highest BCUT2D eigenvalue weighted by atomic mass is 15.1. The third-order valence-electron chi connectivity index (χ3n) is 2.38. The summed E-state index contributed by atoms with van der Waals surface area (Å²) >= 11 is 0. The van der Waals surface area contributed by atoms with Gasteiger partial charge in [-0.25, -0.2) is 0 Å². The molecule has 1 fully saturated rings. The van der Waals surface area contributed by atoms with Gasteiger partial charge in [-0.3, -0.25) is 0 Å². The van der Waals surface area contributed by atoms with E-state index in [0.717, 1.165) is 12.5 Å². The maximum Gasteiger partial charge on any atom is 0.00216 e. The minimum Gasteiger partial charge on any atom is -0.330 e. The molecule has 0 radical (unpaired) electrons. The molecule has 2 heteroatoms. The standard InChI is InChI=1S/C8H18N2.H2/c1-2-10-5-3-4-8(6-9)7-10;/h8H,2-7,9H2,1H3;1H. The summed E-state index contributed by atoms with van der Waals surface area (Å²) in [6.45, 7) is 6.80. The second-order valence-corrected chi connectivity index (χ2v) is 3.14. The number of hydrogen-bond acceptors (Lipinski definition) is 2. The third kappa shape index (κ3) is 1.96. The van der Waals surface area contributed by atoms with Crippen molar-refractivity contribution in [3.05, 3.63) is 0 Å². The van der Waals surface area contributed by atoms with Gasteiger partial charge in [0.05, 0.1) is 0 Å². The number of nitrogens with zero attached hydrogens (tertiary/aromatic N) is 1. The van der Waals surface area contributed by atoms with Crippen LogP contribution >= 0.6 is 0 Å². The molecule has 1 atom stereocenters. The van der Waals surface area contributed by atoms with Crippen LogP contribution in [-0.2, 0) is 0 Å². The van der Waals surface area contributed by atoms with Crippen LogP contribution < -0.4 is 5.73 Å². The Morgan fingerprint density at radius 1 is 1.70 bits per heavy atom. The predicted molar refractivity (Wildman–Crippen MR) is 46.0 cm³/mol. The molecule has 0 aromatic carbocycles. The van der Waals surface area contributed by atoms with E-state index in [1.807, 2.05) is 0 Å². The van der Waals surface area contributed by atoms with E-state index in [0.29, 0.717) is 0 Å². The maximum atomic E-state index is 5.59. The summed E-state index contributed by atoms with van der Waals surface area (Å²) in [5.74, 6) is 0.772. The summed E-state index contributed by atoms with van der Waals surface area (Å²) in [4.78, 5) is 2.49. The van der Waals surface area contributed by atoms with Gasteiger partial charge in [0.25, 0.3) is 0 Å². The van der Waals surface area contributed by atoms with Gasteiger partial charge in [-0.2, -0.15) is 0 Å². The highest BCUT2D eigenvalue weighted by Crippen LogP contribution is 2.14. The van der Waals surface area contributed by atoms with Crippen molar-refractivity contribution in [2.75, 3.05) is 26.2 Å². The predicted octanol–water partition coefficient (Wildman–Crippen LogP) is 0.923. The molecule has 2 N–H and O–H groups in total. The van der Waals surface area contributed by atoms with Crippen LogP contribution in [0.2, 0.25) is 0 Å². The molecule has 0 aromatic rings. The van der Waals surface area contributed by atoms with E-state index in [9.17, 15) is 0 Å². The van der Waals surface area contributed by atoms with Crippen LogP contribution in [0, 0.1) is 5.92 Å². The molecule has 1 unspecified atom stereocenters. The number of likely N-dealkylation sites (tertiary alicyclic amines) is 1. The van der Waals surface area contributed by atoms with Gasteiger partial charge in [-0.1, -0.05) is 6.92 Å². The fourth-order valence-corrected chi connectivity index (χ4v) is 1.63. The molecule has 1 heterocycles. The summed E-state index contributed by atoms with van der Waals surface area (Å²) < 4.78 is 0. The van der Waals surface area contributed by atoms with Crippen molar-refractivity contribution >= 4 is 0 Å². The lowest BCUT2D eigenvalue weighted by molar-refractivity contribution is 0.186. The van der Waals surface area contributed by atoms with Crippen molar-refractivity contribution < 1.29 is 1.43 Å². The van der Waals surface area contributed by atoms with Gasteiger partial charge in [-0.15, -0.1) is 0 Å². The largest absolute Gasteiger partial charge is 0.330 e. The minimum atomic E-state index is 0. The number of rotatable bonds is 2. The third-order valence-corrected chi connectivity index (χ3v) is 2.38. The zero-order valence-electron chi connectivity index (χ0n) is 6.84. The highest BCUT2D eigenvalue weighted by molar-refractivity contribution is 4.71. The molecule has 62 valence electrons. The van der Waals surface area contributed by atoms with Crippen molar-refractivity contribution in [3.8, 4) is 0 Å². The van der Waals surface area contributed by atoms with E-state index in [1.54, 1.807) is 0 Å². The van der Waals surface area contributed by atoms with E-state index in [2.05, 4.69) is 11.8 Å². The molecule has 0 saturated carbocycles. The fraction of sp³-hybridized carbons (Fsp3) is 1.00. The SMILES string of the molecule is CCN1CCCC(CN)C1.[HH]. The molecule has 0 aromatic heterocycles. The van der Waals surface area contributed by atoms with Crippen molar-refractivity contribution in [3.63, 3.8) is 0 Å². The van der Waals surface area contributed by atoms with E-state index < -0.39 is 0 Å². The lowest BCUT2D eigenvalue weighted by atomic mass is 9.98. The van der Waals surface area contributed by atoms with Crippen molar-refractivity contribution in [2.24, 2.45) is 11.7 Å². The van der Waals surface area contributed by atoms with Crippen LogP contribution in [0.4, 0.5) is 0 Å². The first-order chi connectivity index (χ1) is 4.86. The van der Waals surface area contributed by atoms with E-state index in [1.165, 1.54) is 32.5 Å². The topological polar surface area (TPSA) is 29.3 Å². The van der Waals surface area contributed by atoms with Gasteiger partial charge in [0.2, 0.25) is 0 Å². The molecule has 0 aliphatic carbocycles. The number of piperidine rings is 1. The molecule has 1 aliphatic heterocycles. The van der Waals surface area contributed by atoms with Gasteiger partial charge in [0.15, 0.2) is 0 Å². The lowest BCUT2D eigenvalue weighted by Gasteiger charge is -2.30. The summed E-state index contributed by atoms with van der Waals surface area (Å²) in [7, 11) is 0. The fourth-order valence-electron chi connectivity index (χ4n) is 1.63. The highest BCUT2D eigenvalue weighted by Gasteiger charge is 2.16. The average Bonchev–Trinajstić information content (AvgIpc) is 2.05. The Morgan fingerprint density at radius 2 is 2.50 bits per heavy atom. The Morgan fingerprint density at radius 3 is 3.10 bits per heavy atom. The second kappa shape index (κ2) is 3.94. The summed E-state index contributed by atoms with van der Waals surface area (Å²) in [5.41, 5.74) is 5.59. The Bertz CT molecular complexity index is 88.1. The maximum absolute atomic E-state index is 5.59. The molecule has 1 rings (SSSR count). The molecule has 0 amide bonds. The minimum absolute atomic E-state index is 0. The summed E-state index contributed by atoms with van der Waals surface area (Å²) in [6.07, 6.45) is 2.68. The van der Waals surface area contributed by atoms with Gasteiger partial charge in [-0.05, 0) is 38.4 Å². The molecular formula is C8H20N2. The monoisotopic (exact) mass is 144 g/mol. The van der Waals surface area contributed by atoms with Crippen LogP contribution in [0.5, 0.6) is 0 Å². The molecule has 2 nitrogen and oxygen atoms in total. The van der Waals surface area contributed by atoms with Crippen molar-refractivity contribution in [1.29, 1.82) is 0 Å². The van der Waals surface area contributed by atoms with E-state index in [4.69, 9.17) is 5.73 Å². The van der Waals surface area contributed by atoms with Crippen LogP contribution in [0.3, 0.4) is 0 Å². The van der Waals surface area contributed by atoms with Crippen LogP contribution in [0.1, 0.15) is 21.2 Å². The Balaban J connectivity index is 0.000001000. The number of hydrogen-bond donors (Lipinski definition) is 1. The van der Waals surface area contributed by atoms with Crippen LogP contribution in [-0.4, -0.2) is 31.1 Å². The Hall–Kier alpha value is -0.0800. The van der Waals surface area contributed by atoms with Crippen molar-refractivity contribution in [2.45, 2.75) is 19.8 Å². The zero-order chi connectivity index (χ0) is 7.40. The van der Waals surface area contributed by atoms with Crippen molar-refractivity contribution in [1.82, 2.24) is 4.90 Å². The van der Waals surface area contributed by atoms with Crippen LogP contribution in [0.25, 0.3) is 0 Å². The molecular weight excluding hydrogens is 124 g/mol. The summed E-state index contributed by atoms with van der Waals surface area (Å²) in [5, 5.41) is 0. The van der Waals surface area contributed by atoms with Gasteiger partial charge in [0, 0.05) is 7.97 Å². The molecule has 0 spiro atoms. The summed E-state index contributed by atoms with van der Waals surface area (Å²) in [6, 6.07) is 0. The first-order valence-electron chi connectivity index (χ1n) is 4.29. The number of nitrogens with two attached hydrogens (primary N) is 1. The van der Waals surface area contributed by atoms with E-state index in [-0.39, 0.29) is 1.43 Å². The first-order valence-corrected chi connectivity index (χ1v) is 4.29. The molecule has 1 aliphatic rings. The molecule has 0 bridgehead atoms. The van der Waals surface area contributed by atoms with Crippen LogP contribution in [0.15, 0.2) is 0 Å². The van der Waals surface area contributed by atoms with Gasteiger partial charge < -0.3 is 10.6 Å². The zero-order valence-corrected chi connectivity index (χ0v) is 6.84. The molecule has 1 saturated heterocycles. The smallest absolute Gasteiger partial charge is 0.00216 e. The van der Waals surface area contributed by atoms with Gasteiger partial charge in [0.1, 0.15) is 0 Å². The second-order valence-electron chi connectivity index (χ2n) is 3.14. The molecule has 10 heavy (non-hydrogen) atoms. The van der Waals surface area contributed by atoms with Gasteiger partial charge >= 0.3 is 0 Å². The lowest BCUT2D eigenvalue weighted by Crippen LogP contribution is -2.37.